The van der Waals surface area contributed by atoms with Gasteiger partial charge < -0.3 is 39.3 Å². The summed E-state index contributed by atoms with van der Waals surface area (Å²) in [7, 11) is 0. The van der Waals surface area contributed by atoms with Crippen molar-refractivity contribution in [1.29, 1.82) is 0 Å². The molecular formula is C24H35NO11. The molecule has 0 amide bonds. The van der Waals surface area contributed by atoms with Gasteiger partial charge in [0.1, 0.15) is 12.1 Å². The molecule has 0 saturated heterocycles. The minimum Gasteiger partial charge on any atom is -0.480 e. The van der Waals surface area contributed by atoms with Gasteiger partial charge in [0.2, 0.25) is 0 Å². The molecule has 0 aliphatic rings. The zero-order valence-electron chi connectivity index (χ0n) is 21.3. The molecule has 0 bridgehead atoms. The van der Waals surface area contributed by atoms with E-state index in [9.17, 15) is 24.3 Å². The average Bonchev–Trinajstić information content (AvgIpc) is 2.75. The van der Waals surface area contributed by atoms with Gasteiger partial charge in [-0.3, -0.25) is 4.79 Å². The molecule has 0 spiro atoms. The zero-order valence-corrected chi connectivity index (χ0v) is 21.3. The number of rotatable bonds is 12. The molecule has 202 valence electrons. The standard InChI is InChI=1S/C24H35NO11/c1-7-10-31-22(28)34-15(6)11-17(20(25)21(26)27)16-8-9-18(35-23(29)32-13(2)3)19(12-16)36-24(30)33-14(4)5/h8-9,12-15,17,20H,7,10-11,25H2,1-6H3,(H,26,27)/t15?,17?,20-/m0/s1. The number of carboxylic acids is 1. The molecule has 0 aliphatic carbocycles. The normalized spacial score (nSPS) is 13.4. The van der Waals surface area contributed by atoms with Crippen LogP contribution in [-0.4, -0.2) is 60.5 Å². The molecule has 0 heterocycles. The van der Waals surface area contributed by atoms with Crippen LogP contribution in [0.2, 0.25) is 0 Å². The first kappa shape index (κ1) is 30.5. The summed E-state index contributed by atoms with van der Waals surface area (Å²) >= 11 is 0. The molecule has 3 N–H and O–H groups in total. The van der Waals surface area contributed by atoms with Gasteiger partial charge in [0.05, 0.1) is 18.8 Å². The molecule has 36 heavy (non-hydrogen) atoms. The van der Waals surface area contributed by atoms with Crippen molar-refractivity contribution in [2.24, 2.45) is 5.73 Å². The number of nitrogens with two attached hydrogens (primary N) is 1. The Balaban J connectivity index is 3.30. The Hall–Kier alpha value is -3.54. The Morgan fingerprint density at radius 2 is 1.42 bits per heavy atom. The van der Waals surface area contributed by atoms with Crippen LogP contribution in [0.5, 0.6) is 11.5 Å². The van der Waals surface area contributed by atoms with E-state index in [-0.39, 0.29) is 24.5 Å². The zero-order chi connectivity index (χ0) is 27.4. The second-order valence-electron chi connectivity index (χ2n) is 8.48. The minimum absolute atomic E-state index is 0.000166. The summed E-state index contributed by atoms with van der Waals surface area (Å²) in [6.45, 7) is 10.0. The lowest BCUT2D eigenvalue weighted by Gasteiger charge is -2.25. The van der Waals surface area contributed by atoms with Crippen LogP contribution in [0.1, 0.15) is 65.9 Å². The maximum Gasteiger partial charge on any atom is 0.514 e. The van der Waals surface area contributed by atoms with Crippen molar-refractivity contribution in [1.82, 2.24) is 0 Å². The fourth-order valence-corrected chi connectivity index (χ4v) is 2.98. The number of aliphatic carboxylic acids is 1. The first-order chi connectivity index (χ1) is 16.8. The van der Waals surface area contributed by atoms with Gasteiger partial charge in [-0.2, -0.15) is 0 Å². The molecule has 0 aromatic heterocycles. The molecule has 1 aromatic rings. The van der Waals surface area contributed by atoms with Crippen molar-refractivity contribution in [2.75, 3.05) is 6.61 Å². The highest BCUT2D eigenvalue weighted by Crippen LogP contribution is 2.35. The number of carboxylic acid groups (broad SMARTS) is 1. The van der Waals surface area contributed by atoms with E-state index in [4.69, 9.17) is 34.2 Å². The minimum atomic E-state index is -1.41. The SMILES string of the molecule is CCCOC(=O)OC(C)CC(c1ccc(OC(=O)OC(C)C)c(OC(=O)OC(C)C)c1)[C@H](N)C(=O)O. The van der Waals surface area contributed by atoms with E-state index < -0.39 is 54.7 Å². The predicted octanol–water partition coefficient (Wildman–Crippen LogP) is 4.37. The highest BCUT2D eigenvalue weighted by atomic mass is 16.8. The predicted molar refractivity (Wildman–Crippen MR) is 126 cm³/mol. The van der Waals surface area contributed by atoms with Crippen LogP contribution in [0.3, 0.4) is 0 Å². The van der Waals surface area contributed by atoms with Crippen molar-refractivity contribution in [3.8, 4) is 11.5 Å². The van der Waals surface area contributed by atoms with Crippen molar-refractivity contribution in [2.45, 2.75) is 84.7 Å². The van der Waals surface area contributed by atoms with Gasteiger partial charge in [0, 0.05) is 5.92 Å². The van der Waals surface area contributed by atoms with Crippen molar-refractivity contribution in [3.05, 3.63) is 23.8 Å². The number of carbonyl (C=O) groups is 4. The van der Waals surface area contributed by atoms with Gasteiger partial charge in [-0.1, -0.05) is 13.0 Å². The molecule has 12 nitrogen and oxygen atoms in total. The maximum atomic E-state index is 12.1. The Kier molecular flexibility index (Phi) is 12.5. The second-order valence-corrected chi connectivity index (χ2v) is 8.48. The van der Waals surface area contributed by atoms with Crippen LogP contribution in [-0.2, 0) is 23.7 Å². The van der Waals surface area contributed by atoms with Gasteiger partial charge in [0.15, 0.2) is 11.5 Å². The van der Waals surface area contributed by atoms with Gasteiger partial charge in [-0.15, -0.1) is 0 Å². The Bertz CT molecular complexity index is 900. The van der Waals surface area contributed by atoms with E-state index in [1.54, 1.807) is 34.6 Å². The molecule has 2 unspecified atom stereocenters. The first-order valence-corrected chi connectivity index (χ1v) is 11.6. The number of hydrogen-bond donors (Lipinski definition) is 2. The molecule has 0 saturated carbocycles. The van der Waals surface area contributed by atoms with Gasteiger partial charge >= 0.3 is 24.4 Å². The summed E-state index contributed by atoms with van der Waals surface area (Å²) in [5.41, 5.74) is 6.25. The van der Waals surface area contributed by atoms with E-state index in [0.717, 1.165) is 0 Å². The third kappa shape index (κ3) is 10.8. The van der Waals surface area contributed by atoms with E-state index >= 15 is 0 Å². The Labute approximate surface area is 209 Å². The van der Waals surface area contributed by atoms with Crippen LogP contribution in [0.25, 0.3) is 0 Å². The average molecular weight is 514 g/mol. The summed E-state index contributed by atoms with van der Waals surface area (Å²) in [6, 6.07) is 2.65. The lowest BCUT2D eigenvalue weighted by atomic mass is 9.87. The van der Waals surface area contributed by atoms with Gasteiger partial charge in [0.25, 0.3) is 0 Å². The highest BCUT2D eigenvalue weighted by Gasteiger charge is 2.30. The summed E-state index contributed by atoms with van der Waals surface area (Å²) in [6.07, 6.45) is -4.11. The molecule has 1 rings (SSSR count). The van der Waals surface area contributed by atoms with E-state index in [1.165, 1.54) is 18.2 Å². The topological polar surface area (TPSA) is 170 Å². The summed E-state index contributed by atoms with van der Waals surface area (Å²) in [5.74, 6) is -2.59. The van der Waals surface area contributed by atoms with E-state index in [0.29, 0.717) is 12.0 Å². The highest BCUT2D eigenvalue weighted by molar-refractivity contribution is 5.75. The molecule has 0 fully saturated rings. The van der Waals surface area contributed by atoms with Crippen LogP contribution in [0, 0.1) is 0 Å². The lowest BCUT2D eigenvalue weighted by molar-refractivity contribution is -0.139. The fraction of sp³-hybridized carbons (Fsp3) is 0.583. The largest absolute Gasteiger partial charge is 0.514 e. The van der Waals surface area contributed by atoms with Crippen molar-refractivity contribution >= 4 is 24.4 Å². The monoisotopic (exact) mass is 513 g/mol. The Morgan fingerprint density at radius 3 is 1.92 bits per heavy atom. The quantitative estimate of drug-likeness (QED) is 0.230. The van der Waals surface area contributed by atoms with E-state index in [1.807, 2.05) is 6.92 Å². The summed E-state index contributed by atoms with van der Waals surface area (Å²) in [4.78, 5) is 47.7. The summed E-state index contributed by atoms with van der Waals surface area (Å²) in [5, 5.41) is 9.55. The van der Waals surface area contributed by atoms with Crippen LogP contribution < -0.4 is 15.2 Å². The second kappa shape index (κ2) is 14.8. The maximum absolute atomic E-state index is 12.1. The van der Waals surface area contributed by atoms with Gasteiger partial charge in [-0.05, 0) is 65.2 Å². The molecule has 12 heteroatoms. The molecule has 1 aromatic carbocycles. The third-order valence-corrected chi connectivity index (χ3v) is 4.47. The Morgan fingerprint density at radius 1 is 0.861 bits per heavy atom. The lowest BCUT2D eigenvalue weighted by Crippen LogP contribution is -2.38. The van der Waals surface area contributed by atoms with Gasteiger partial charge in [-0.25, -0.2) is 14.4 Å². The van der Waals surface area contributed by atoms with Crippen LogP contribution in [0.15, 0.2) is 18.2 Å². The third-order valence-electron chi connectivity index (χ3n) is 4.47. The molecule has 3 atom stereocenters. The fourth-order valence-electron chi connectivity index (χ4n) is 2.98. The first-order valence-electron chi connectivity index (χ1n) is 11.6. The smallest absolute Gasteiger partial charge is 0.480 e. The molecular weight excluding hydrogens is 478 g/mol. The number of benzene rings is 1. The number of ether oxygens (including phenoxy) is 6. The summed E-state index contributed by atoms with van der Waals surface area (Å²) < 4.78 is 30.4. The van der Waals surface area contributed by atoms with Crippen molar-refractivity contribution < 1.29 is 52.7 Å². The van der Waals surface area contributed by atoms with Crippen molar-refractivity contribution in [3.63, 3.8) is 0 Å². The van der Waals surface area contributed by atoms with Crippen LogP contribution in [0.4, 0.5) is 14.4 Å². The molecule has 0 aliphatic heterocycles. The van der Waals surface area contributed by atoms with E-state index in [2.05, 4.69) is 0 Å². The number of hydrogen-bond acceptors (Lipinski definition) is 11. The molecule has 0 radical (unpaired) electrons. The van der Waals surface area contributed by atoms with Crippen LogP contribution >= 0.6 is 0 Å². The number of carbonyl (C=O) groups excluding carboxylic acids is 3.